The van der Waals surface area contributed by atoms with Gasteiger partial charge in [0.05, 0.1) is 28.7 Å². The molecule has 12 heteroatoms. The molecule has 1 aliphatic carbocycles. The number of methoxy groups -OCH3 is 1. The van der Waals surface area contributed by atoms with Crippen LogP contribution in [0.25, 0.3) is 11.2 Å². The van der Waals surface area contributed by atoms with Crippen molar-refractivity contribution in [2.24, 2.45) is 0 Å². The van der Waals surface area contributed by atoms with Crippen LogP contribution >= 0.6 is 0 Å². The second kappa shape index (κ2) is 20.5. The third kappa shape index (κ3) is 12.7. The molecule has 0 saturated carbocycles. The lowest BCUT2D eigenvalue weighted by atomic mass is 10.0. The number of allylic oxidation sites excluding steroid dienone is 6. The molecule has 47 heavy (non-hydrogen) atoms. The summed E-state index contributed by atoms with van der Waals surface area (Å²) in [5.74, 6) is -1.30. The molecule has 0 bridgehead atoms. The third-order valence-electron chi connectivity index (χ3n) is 6.85. The number of sulfone groups is 1. The summed E-state index contributed by atoms with van der Waals surface area (Å²) in [5.41, 5.74) is 2.27. The fourth-order valence-electron chi connectivity index (χ4n) is 4.29. The average Bonchev–Trinajstić information content (AvgIpc) is 3.24. The number of ether oxygens (including phenoxy) is 1. The molecule has 1 amide bonds. The van der Waals surface area contributed by atoms with Gasteiger partial charge in [-0.2, -0.15) is 13.2 Å². The number of pyridine rings is 1. The lowest BCUT2D eigenvalue weighted by molar-refractivity contribution is -0.140. The van der Waals surface area contributed by atoms with Gasteiger partial charge < -0.3 is 9.64 Å². The molecule has 3 aromatic rings. The fraction of sp³-hybridized carbons (Fsp3) is 0.429. The van der Waals surface area contributed by atoms with E-state index in [9.17, 15) is 30.8 Å². The topological polar surface area (TPSA) is 81.0 Å². The second-order valence-electron chi connectivity index (χ2n) is 9.87. The van der Waals surface area contributed by atoms with Gasteiger partial charge in [-0.15, -0.1) is 0 Å². The van der Waals surface area contributed by atoms with Gasteiger partial charge in [0.15, 0.2) is 9.84 Å². The molecule has 1 atom stereocenters. The number of hydrogen-bond acceptors (Lipinski definition) is 5. The van der Waals surface area contributed by atoms with Gasteiger partial charge in [0, 0.05) is 44.2 Å². The standard InChI is InChI=1S/C23H29N3O3S.C7H4F4.C3H8O.C2H6/c1-4-21(27)25(16-17-30(28,29)5-2)18(3)22-23(19-12-8-6-7-9-13-19)26-15-11-10-14-20(26)24-22;8-6-4-2-1-3-5(6)7(9,10)11;1-3-4-2;1-2/h6,8-15,18H,4-5,7,16-17H2,1-3H3;1-4H;3H2,1-2H3;1-2H3. The lowest BCUT2D eigenvalue weighted by Crippen LogP contribution is -2.37. The molecule has 0 N–H and O–H groups in total. The first kappa shape index (κ1) is 41.3. The highest BCUT2D eigenvalue weighted by atomic mass is 32.2. The summed E-state index contributed by atoms with van der Waals surface area (Å²) in [5, 5.41) is 0. The summed E-state index contributed by atoms with van der Waals surface area (Å²) in [7, 11) is -1.50. The van der Waals surface area contributed by atoms with Crippen LogP contribution in [-0.2, 0) is 25.5 Å². The highest BCUT2D eigenvalue weighted by Gasteiger charge is 2.33. The third-order valence-corrected chi connectivity index (χ3v) is 8.53. The molecule has 0 fully saturated rings. The number of carbonyl (C=O) groups excluding carboxylic acids is 1. The van der Waals surface area contributed by atoms with Crippen molar-refractivity contribution in [2.75, 3.05) is 31.8 Å². The number of alkyl halides is 3. The van der Waals surface area contributed by atoms with E-state index < -0.39 is 27.4 Å². The maximum Gasteiger partial charge on any atom is 0.419 e. The van der Waals surface area contributed by atoms with E-state index in [2.05, 4.69) is 23.0 Å². The highest BCUT2D eigenvalue weighted by Crippen LogP contribution is 2.32. The molecule has 7 nitrogen and oxygen atoms in total. The van der Waals surface area contributed by atoms with Crippen LogP contribution in [0.5, 0.6) is 0 Å². The maximum absolute atomic E-state index is 12.7. The molecule has 2 heterocycles. The van der Waals surface area contributed by atoms with Gasteiger partial charge in [0.1, 0.15) is 11.5 Å². The van der Waals surface area contributed by atoms with Gasteiger partial charge in [-0.05, 0) is 44.5 Å². The van der Waals surface area contributed by atoms with Crippen molar-refractivity contribution in [3.8, 4) is 0 Å². The number of hydrogen-bond donors (Lipinski definition) is 0. The largest absolute Gasteiger partial charge is 0.419 e. The second-order valence-corrected chi connectivity index (χ2v) is 12.3. The first-order valence-corrected chi connectivity index (χ1v) is 17.4. The molecule has 1 aliphatic rings. The Labute approximate surface area is 276 Å². The number of rotatable bonds is 9. The Morgan fingerprint density at radius 2 is 1.70 bits per heavy atom. The highest BCUT2D eigenvalue weighted by molar-refractivity contribution is 7.91. The van der Waals surface area contributed by atoms with E-state index >= 15 is 0 Å². The minimum absolute atomic E-state index is 0.0480. The Bertz CT molecular complexity index is 1590. The predicted molar refractivity (Wildman–Crippen MR) is 181 cm³/mol. The minimum Gasteiger partial charge on any atom is -0.385 e. The Morgan fingerprint density at radius 3 is 2.26 bits per heavy atom. The van der Waals surface area contributed by atoms with Crippen LogP contribution in [0.4, 0.5) is 17.6 Å². The van der Waals surface area contributed by atoms with Crippen molar-refractivity contribution in [3.05, 3.63) is 102 Å². The predicted octanol–water partition coefficient (Wildman–Crippen LogP) is 8.49. The summed E-state index contributed by atoms with van der Waals surface area (Å²) in [6, 6.07) is 9.30. The molecule has 0 aliphatic heterocycles. The summed E-state index contributed by atoms with van der Waals surface area (Å²) in [6.45, 7) is 12.3. The van der Waals surface area contributed by atoms with Crippen LogP contribution in [0.3, 0.4) is 0 Å². The van der Waals surface area contributed by atoms with Gasteiger partial charge in [0.25, 0.3) is 0 Å². The number of nitrogens with zero attached hydrogens (tertiary/aromatic N) is 3. The molecule has 4 rings (SSSR count). The van der Waals surface area contributed by atoms with Gasteiger partial charge in [-0.3, -0.25) is 9.20 Å². The molecule has 0 saturated heterocycles. The average molecular weight is 682 g/mol. The van der Waals surface area contributed by atoms with Crippen molar-refractivity contribution >= 4 is 27.0 Å². The first-order chi connectivity index (χ1) is 22.3. The molecule has 0 spiro atoms. The number of carbonyl (C=O) groups is 1. The molecular weight excluding hydrogens is 634 g/mol. The lowest BCUT2D eigenvalue weighted by Gasteiger charge is -2.29. The fourth-order valence-corrected chi connectivity index (χ4v) is 5.05. The zero-order chi connectivity index (χ0) is 35.6. The van der Waals surface area contributed by atoms with Gasteiger partial charge in [0.2, 0.25) is 5.91 Å². The van der Waals surface area contributed by atoms with E-state index in [0.29, 0.717) is 12.5 Å². The monoisotopic (exact) mass is 681 g/mol. The van der Waals surface area contributed by atoms with Crippen LogP contribution in [0, 0.1) is 5.82 Å². The summed E-state index contributed by atoms with van der Waals surface area (Å²) in [6.07, 6.45) is 8.85. The van der Waals surface area contributed by atoms with Gasteiger partial charge in [-0.25, -0.2) is 17.8 Å². The zero-order valence-corrected chi connectivity index (χ0v) is 29.0. The first-order valence-electron chi connectivity index (χ1n) is 15.6. The summed E-state index contributed by atoms with van der Waals surface area (Å²) < 4.78 is 78.5. The SMILES string of the molecule is CC.CCC(=O)N(CCS(=O)(=O)CC)C(C)c1nc2ccccn2c1C1=CC=CCC=C1.CCOC.Fc1ccccc1C(F)(F)F. The van der Waals surface area contributed by atoms with E-state index in [4.69, 9.17) is 4.98 Å². The van der Waals surface area contributed by atoms with E-state index in [-0.39, 0.29) is 30.0 Å². The van der Waals surface area contributed by atoms with E-state index in [1.165, 1.54) is 6.07 Å². The smallest absolute Gasteiger partial charge is 0.385 e. The van der Waals surface area contributed by atoms with Crippen LogP contribution in [0.2, 0.25) is 0 Å². The molecule has 1 unspecified atom stereocenters. The van der Waals surface area contributed by atoms with Crippen molar-refractivity contribution in [2.45, 2.75) is 66.6 Å². The number of amides is 1. The van der Waals surface area contributed by atoms with Crippen molar-refractivity contribution < 1.29 is 35.5 Å². The van der Waals surface area contributed by atoms with Crippen molar-refractivity contribution in [3.63, 3.8) is 0 Å². The Morgan fingerprint density at radius 1 is 1.06 bits per heavy atom. The Kier molecular flexibility index (Phi) is 18.0. The molecular formula is C35H47F4N3O4S. The number of imidazole rings is 1. The van der Waals surface area contributed by atoms with Gasteiger partial charge >= 0.3 is 6.18 Å². The maximum atomic E-state index is 12.7. The Hall–Kier alpha value is -3.77. The normalized spacial score (nSPS) is 13.1. The summed E-state index contributed by atoms with van der Waals surface area (Å²) in [4.78, 5) is 19.2. The quantitative estimate of drug-likeness (QED) is 0.212. The number of fused-ring (bicyclic) bond motifs is 1. The van der Waals surface area contributed by atoms with Crippen LogP contribution < -0.4 is 0 Å². The van der Waals surface area contributed by atoms with Crippen molar-refractivity contribution in [1.29, 1.82) is 0 Å². The zero-order valence-electron chi connectivity index (χ0n) is 28.2. The van der Waals surface area contributed by atoms with Crippen LogP contribution in [0.15, 0.2) is 79.0 Å². The van der Waals surface area contributed by atoms with E-state index in [1.807, 2.05) is 68.6 Å². The van der Waals surface area contributed by atoms with Crippen molar-refractivity contribution in [1.82, 2.24) is 14.3 Å². The molecule has 260 valence electrons. The molecule has 1 aromatic carbocycles. The molecule has 2 aromatic heterocycles. The summed E-state index contributed by atoms with van der Waals surface area (Å²) >= 11 is 0. The number of aromatic nitrogens is 2. The number of benzene rings is 1. The van der Waals surface area contributed by atoms with E-state index in [0.717, 1.165) is 47.8 Å². The van der Waals surface area contributed by atoms with Gasteiger partial charge in [-0.1, -0.05) is 76.3 Å². The molecule has 0 radical (unpaired) electrons. The van der Waals surface area contributed by atoms with Crippen LogP contribution in [0.1, 0.15) is 77.4 Å². The van der Waals surface area contributed by atoms with Crippen LogP contribution in [-0.4, -0.2) is 60.4 Å². The number of halogens is 4. The minimum atomic E-state index is -4.59. The van der Waals surface area contributed by atoms with E-state index in [1.54, 1.807) is 25.9 Å². The Balaban J connectivity index is 0.000000536.